The third kappa shape index (κ3) is 2.99. The van der Waals surface area contributed by atoms with Crippen molar-refractivity contribution < 1.29 is 45.3 Å². The van der Waals surface area contributed by atoms with Gasteiger partial charge in [0.1, 0.15) is 35.9 Å². The van der Waals surface area contributed by atoms with E-state index in [-0.39, 0.29) is 28.0 Å². The molecule has 2 aromatic rings. The molecular formula is C21H22O9. The normalized spacial score (nSPS) is 30.6. The quantitative estimate of drug-likeness (QED) is 0.334. The topological polar surface area (TPSA) is 168 Å². The molecule has 2 aromatic carbocycles. The van der Waals surface area contributed by atoms with E-state index in [2.05, 4.69) is 0 Å². The second-order valence-electron chi connectivity index (χ2n) is 7.58. The molecule has 9 heteroatoms. The van der Waals surface area contributed by atoms with Crippen LogP contribution >= 0.6 is 0 Å². The van der Waals surface area contributed by atoms with Gasteiger partial charge in [-0.1, -0.05) is 18.2 Å². The SMILES string of the molecule is O=C1c2c(O)cccc2C(C2OC(CO)[C@@H](O)[C@H](O)[C@H]2O)c2cc(CO)cc(O)c21. The number of phenolic OH excluding ortho intramolecular Hbond substituents is 2. The monoisotopic (exact) mass is 418 g/mol. The van der Waals surface area contributed by atoms with Crippen LogP contribution in [-0.2, 0) is 11.3 Å². The molecule has 1 heterocycles. The van der Waals surface area contributed by atoms with Gasteiger partial charge in [0.2, 0.25) is 5.78 Å². The van der Waals surface area contributed by atoms with Crippen LogP contribution in [0.3, 0.4) is 0 Å². The highest BCUT2D eigenvalue weighted by atomic mass is 16.5. The van der Waals surface area contributed by atoms with Gasteiger partial charge in [0.15, 0.2) is 0 Å². The number of ether oxygens (including phenoxy) is 1. The second kappa shape index (κ2) is 7.62. The van der Waals surface area contributed by atoms with Crippen LogP contribution in [0.25, 0.3) is 0 Å². The molecule has 1 aliphatic carbocycles. The summed E-state index contributed by atoms with van der Waals surface area (Å²) in [6.07, 6.45) is -7.22. The minimum Gasteiger partial charge on any atom is -0.507 e. The molecule has 30 heavy (non-hydrogen) atoms. The van der Waals surface area contributed by atoms with Crippen LogP contribution in [0.1, 0.15) is 38.5 Å². The number of hydrogen-bond donors (Lipinski definition) is 7. The number of rotatable bonds is 3. The number of ketones is 1. The number of aliphatic hydroxyl groups is 5. The minimum atomic E-state index is -1.64. The molecule has 1 aliphatic heterocycles. The van der Waals surface area contributed by atoms with Gasteiger partial charge in [0.25, 0.3) is 0 Å². The molecule has 160 valence electrons. The summed E-state index contributed by atoms with van der Waals surface area (Å²) >= 11 is 0. The number of hydrogen-bond acceptors (Lipinski definition) is 9. The van der Waals surface area contributed by atoms with Gasteiger partial charge in [-0.2, -0.15) is 0 Å². The molecule has 0 saturated carbocycles. The second-order valence-corrected chi connectivity index (χ2v) is 7.58. The first kappa shape index (κ1) is 20.7. The first-order valence-electron chi connectivity index (χ1n) is 9.43. The zero-order valence-corrected chi connectivity index (χ0v) is 15.7. The summed E-state index contributed by atoms with van der Waals surface area (Å²) < 4.78 is 5.73. The highest BCUT2D eigenvalue weighted by molar-refractivity contribution is 6.16. The van der Waals surface area contributed by atoms with Crippen molar-refractivity contribution in [1.82, 2.24) is 0 Å². The summed E-state index contributed by atoms with van der Waals surface area (Å²) in [6, 6.07) is 7.06. The summed E-state index contributed by atoms with van der Waals surface area (Å²) in [4.78, 5) is 13.1. The van der Waals surface area contributed by atoms with Crippen LogP contribution in [0.15, 0.2) is 30.3 Å². The van der Waals surface area contributed by atoms with Crippen molar-refractivity contribution in [2.75, 3.05) is 6.61 Å². The summed E-state index contributed by atoms with van der Waals surface area (Å²) in [6.45, 7) is -1.06. The number of carbonyl (C=O) groups excluding carboxylic acids is 1. The van der Waals surface area contributed by atoms with Crippen LogP contribution in [-0.4, -0.2) is 78.7 Å². The van der Waals surface area contributed by atoms with E-state index in [1.807, 2.05) is 0 Å². The van der Waals surface area contributed by atoms with Crippen molar-refractivity contribution in [3.8, 4) is 11.5 Å². The van der Waals surface area contributed by atoms with Crippen LogP contribution < -0.4 is 0 Å². The van der Waals surface area contributed by atoms with Gasteiger partial charge < -0.3 is 40.5 Å². The number of aromatic hydroxyl groups is 2. The molecule has 0 aromatic heterocycles. The molecule has 6 atom stereocenters. The highest BCUT2D eigenvalue weighted by Crippen LogP contribution is 2.47. The molecular weight excluding hydrogens is 396 g/mol. The standard InChI is InChI=1S/C21H22O9/c22-6-8-4-10-14(21-20(29)19(28)17(26)13(7-23)30-21)9-2-1-3-11(24)15(9)18(27)16(10)12(25)5-8/h1-5,13-14,17,19-26,28-29H,6-7H2/t13?,14?,17-,19+,20-,21?/m1/s1. The molecule has 9 nitrogen and oxygen atoms in total. The first-order chi connectivity index (χ1) is 14.3. The van der Waals surface area contributed by atoms with Crippen molar-refractivity contribution >= 4 is 5.78 Å². The van der Waals surface area contributed by atoms with Gasteiger partial charge in [-0.25, -0.2) is 0 Å². The van der Waals surface area contributed by atoms with Crippen LogP contribution in [0.2, 0.25) is 0 Å². The molecule has 7 N–H and O–H groups in total. The molecule has 0 spiro atoms. The number of benzene rings is 2. The molecule has 0 radical (unpaired) electrons. The Balaban J connectivity index is 1.96. The van der Waals surface area contributed by atoms with E-state index in [1.165, 1.54) is 24.3 Å². The van der Waals surface area contributed by atoms with Gasteiger partial charge in [-0.3, -0.25) is 4.79 Å². The first-order valence-corrected chi connectivity index (χ1v) is 9.43. The zero-order chi connectivity index (χ0) is 21.7. The summed E-state index contributed by atoms with van der Waals surface area (Å²) in [5.41, 5.74) is 0.609. The van der Waals surface area contributed by atoms with Crippen LogP contribution in [0, 0.1) is 0 Å². The summed E-state index contributed by atoms with van der Waals surface area (Å²) in [5, 5.41) is 71.0. The van der Waals surface area contributed by atoms with Crippen molar-refractivity contribution in [2.24, 2.45) is 0 Å². The third-order valence-corrected chi connectivity index (χ3v) is 5.85. The number of aliphatic hydroxyl groups excluding tert-OH is 5. The molecule has 3 unspecified atom stereocenters. The van der Waals surface area contributed by atoms with E-state index in [0.29, 0.717) is 5.56 Å². The Kier molecular flexibility index (Phi) is 5.27. The number of fused-ring (bicyclic) bond motifs is 2. The maximum absolute atomic E-state index is 13.1. The molecule has 2 aliphatic rings. The maximum Gasteiger partial charge on any atom is 0.201 e. The average molecular weight is 418 g/mol. The molecule has 1 fully saturated rings. The van der Waals surface area contributed by atoms with Crippen molar-refractivity contribution in [1.29, 1.82) is 0 Å². The maximum atomic E-state index is 13.1. The van der Waals surface area contributed by atoms with Gasteiger partial charge in [-0.05, 0) is 28.8 Å². The Labute approximate surface area is 171 Å². The number of phenols is 2. The zero-order valence-electron chi connectivity index (χ0n) is 15.7. The molecule has 0 bridgehead atoms. The molecule has 1 saturated heterocycles. The Bertz CT molecular complexity index is 987. The summed E-state index contributed by atoms with van der Waals surface area (Å²) in [5.74, 6) is -2.34. The Morgan fingerprint density at radius 1 is 0.867 bits per heavy atom. The molecule has 0 amide bonds. The fourth-order valence-corrected chi connectivity index (χ4v) is 4.41. The minimum absolute atomic E-state index is 0.0843. The van der Waals surface area contributed by atoms with Crippen molar-refractivity contribution in [3.05, 3.63) is 58.1 Å². The van der Waals surface area contributed by atoms with Gasteiger partial charge >= 0.3 is 0 Å². The van der Waals surface area contributed by atoms with E-state index in [4.69, 9.17) is 4.74 Å². The lowest BCUT2D eigenvalue weighted by Crippen LogP contribution is -2.60. The van der Waals surface area contributed by atoms with Crippen molar-refractivity contribution in [2.45, 2.75) is 43.0 Å². The van der Waals surface area contributed by atoms with Crippen molar-refractivity contribution in [3.63, 3.8) is 0 Å². The van der Waals surface area contributed by atoms with E-state index >= 15 is 0 Å². The average Bonchev–Trinajstić information content (AvgIpc) is 2.73. The lowest BCUT2D eigenvalue weighted by Gasteiger charge is -2.45. The lowest BCUT2D eigenvalue weighted by molar-refractivity contribution is -0.232. The van der Waals surface area contributed by atoms with Crippen LogP contribution in [0.4, 0.5) is 0 Å². The smallest absolute Gasteiger partial charge is 0.201 e. The van der Waals surface area contributed by atoms with Gasteiger partial charge in [-0.15, -0.1) is 0 Å². The predicted molar refractivity (Wildman–Crippen MR) is 101 cm³/mol. The Morgan fingerprint density at radius 3 is 2.23 bits per heavy atom. The van der Waals surface area contributed by atoms with Gasteiger partial charge in [0, 0.05) is 5.92 Å². The third-order valence-electron chi connectivity index (χ3n) is 5.85. The Morgan fingerprint density at radius 2 is 1.57 bits per heavy atom. The highest BCUT2D eigenvalue weighted by Gasteiger charge is 2.50. The van der Waals surface area contributed by atoms with Gasteiger partial charge in [0.05, 0.1) is 30.4 Å². The van der Waals surface area contributed by atoms with E-state index in [1.54, 1.807) is 6.07 Å². The lowest BCUT2D eigenvalue weighted by atomic mass is 9.71. The Hall–Kier alpha value is -2.53. The fraction of sp³-hybridized carbons (Fsp3) is 0.381. The predicted octanol–water partition coefficient (Wildman–Crippen LogP) is -0.891. The molecule has 4 rings (SSSR count). The van der Waals surface area contributed by atoms with E-state index in [0.717, 1.165) is 0 Å². The van der Waals surface area contributed by atoms with E-state index < -0.39 is 61.2 Å². The van der Waals surface area contributed by atoms with E-state index in [9.17, 15) is 40.5 Å². The number of carbonyl (C=O) groups is 1. The largest absolute Gasteiger partial charge is 0.507 e. The summed E-state index contributed by atoms with van der Waals surface area (Å²) in [7, 11) is 0. The fourth-order valence-electron chi connectivity index (χ4n) is 4.41. The van der Waals surface area contributed by atoms with Crippen LogP contribution in [0.5, 0.6) is 11.5 Å².